The van der Waals surface area contributed by atoms with Crippen LogP contribution >= 0.6 is 0 Å². The number of benzene rings is 1. The molecule has 0 radical (unpaired) electrons. The van der Waals surface area contributed by atoms with Crippen molar-refractivity contribution >= 4 is 21.5 Å². The molecular formula is C20H31F3N4O2S. The first-order valence-electron chi connectivity index (χ1n) is 9.86. The lowest BCUT2D eigenvalue weighted by Gasteiger charge is -2.38. The maximum Gasteiger partial charge on any atom is 0.416 e. The monoisotopic (exact) mass is 448 g/mol. The lowest BCUT2D eigenvalue weighted by atomic mass is 9.90. The molecule has 0 unspecified atom stereocenters. The Kier molecular flexibility index (Phi) is 7.65. The predicted molar refractivity (Wildman–Crippen MR) is 115 cm³/mol. The van der Waals surface area contributed by atoms with E-state index in [1.54, 1.807) is 13.1 Å². The number of anilines is 1. The van der Waals surface area contributed by atoms with Gasteiger partial charge in [0.15, 0.2) is 5.96 Å². The molecule has 0 aliphatic carbocycles. The molecular weight excluding hydrogens is 417 g/mol. The van der Waals surface area contributed by atoms with Crippen LogP contribution in [0.3, 0.4) is 0 Å². The fourth-order valence-corrected chi connectivity index (χ4v) is 4.18. The van der Waals surface area contributed by atoms with Gasteiger partial charge >= 0.3 is 6.18 Å². The molecule has 1 aliphatic rings. The maximum absolute atomic E-state index is 13.0. The summed E-state index contributed by atoms with van der Waals surface area (Å²) in [5, 5.41) is 3.31. The van der Waals surface area contributed by atoms with Gasteiger partial charge in [-0.25, -0.2) is 8.42 Å². The highest BCUT2D eigenvalue weighted by atomic mass is 32.2. The number of hydrogen-bond donors (Lipinski definition) is 1. The van der Waals surface area contributed by atoms with Gasteiger partial charge in [0, 0.05) is 51.7 Å². The van der Waals surface area contributed by atoms with Crippen molar-refractivity contribution in [3.63, 3.8) is 0 Å². The van der Waals surface area contributed by atoms with Crippen LogP contribution in [0, 0.1) is 5.41 Å². The number of alkyl halides is 3. The SMILES string of the molecule is CN=C(NCC(C)(C)CCS(C)(=O)=O)N1CCN(c2cccc(C(F)(F)F)c2)CC1. The molecule has 0 spiro atoms. The summed E-state index contributed by atoms with van der Waals surface area (Å²) in [6.45, 7) is 7.00. The predicted octanol–water partition coefficient (Wildman–Crippen LogP) is 2.86. The quantitative estimate of drug-likeness (QED) is 0.536. The van der Waals surface area contributed by atoms with Crippen molar-refractivity contribution in [1.29, 1.82) is 0 Å². The second-order valence-corrected chi connectivity index (χ2v) is 10.7. The minimum absolute atomic E-state index is 0.135. The first-order chi connectivity index (χ1) is 13.8. The molecule has 30 heavy (non-hydrogen) atoms. The van der Waals surface area contributed by atoms with Crippen molar-refractivity contribution < 1.29 is 21.6 Å². The van der Waals surface area contributed by atoms with Crippen LogP contribution in [0.4, 0.5) is 18.9 Å². The lowest BCUT2D eigenvalue weighted by Crippen LogP contribution is -2.53. The number of aliphatic imine (C=N–C) groups is 1. The number of hydrogen-bond acceptors (Lipinski definition) is 4. The Morgan fingerprint density at radius 2 is 1.80 bits per heavy atom. The molecule has 0 amide bonds. The zero-order chi connectivity index (χ0) is 22.6. The van der Waals surface area contributed by atoms with Gasteiger partial charge < -0.3 is 15.1 Å². The molecule has 1 heterocycles. The zero-order valence-corrected chi connectivity index (χ0v) is 18.8. The molecule has 1 aromatic rings. The molecule has 1 fully saturated rings. The summed E-state index contributed by atoms with van der Waals surface area (Å²) in [7, 11) is -1.33. The van der Waals surface area contributed by atoms with Gasteiger partial charge in [0.1, 0.15) is 9.84 Å². The van der Waals surface area contributed by atoms with Crippen LogP contribution in [0.15, 0.2) is 29.3 Å². The van der Waals surface area contributed by atoms with E-state index in [1.165, 1.54) is 18.4 Å². The molecule has 1 saturated heterocycles. The largest absolute Gasteiger partial charge is 0.416 e. The Morgan fingerprint density at radius 1 is 1.17 bits per heavy atom. The van der Waals surface area contributed by atoms with E-state index < -0.39 is 21.6 Å². The van der Waals surface area contributed by atoms with Gasteiger partial charge in [-0.1, -0.05) is 19.9 Å². The molecule has 1 N–H and O–H groups in total. The number of piperazine rings is 1. The summed E-state index contributed by atoms with van der Waals surface area (Å²) in [6, 6.07) is 5.40. The zero-order valence-electron chi connectivity index (χ0n) is 18.0. The molecule has 0 saturated carbocycles. The number of sulfone groups is 1. The van der Waals surface area contributed by atoms with Gasteiger partial charge in [0.2, 0.25) is 0 Å². The topological polar surface area (TPSA) is 65.0 Å². The minimum atomic E-state index is -4.35. The van der Waals surface area contributed by atoms with Crippen molar-refractivity contribution in [3.05, 3.63) is 29.8 Å². The van der Waals surface area contributed by atoms with Gasteiger partial charge in [0.05, 0.1) is 11.3 Å². The normalized spacial score (nSPS) is 16.7. The van der Waals surface area contributed by atoms with E-state index >= 15 is 0 Å². The third-order valence-corrected chi connectivity index (χ3v) is 6.15. The average Bonchev–Trinajstić information content (AvgIpc) is 2.66. The summed E-state index contributed by atoms with van der Waals surface area (Å²) in [5.41, 5.74) is -0.302. The summed E-state index contributed by atoms with van der Waals surface area (Å²) in [6.07, 6.45) is -2.58. The summed E-state index contributed by atoms with van der Waals surface area (Å²) in [4.78, 5) is 8.32. The fourth-order valence-electron chi connectivity index (χ4n) is 3.26. The van der Waals surface area contributed by atoms with Crippen LogP contribution in [0.1, 0.15) is 25.8 Å². The van der Waals surface area contributed by atoms with Crippen LogP contribution in [-0.2, 0) is 16.0 Å². The van der Waals surface area contributed by atoms with E-state index in [2.05, 4.69) is 15.2 Å². The van der Waals surface area contributed by atoms with Gasteiger partial charge in [-0.3, -0.25) is 4.99 Å². The molecule has 1 aromatic carbocycles. The first-order valence-corrected chi connectivity index (χ1v) is 11.9. The van der Waals surface area contributed by atoms with E-state index in [9.17, 15) is 21.6 Å². The molecule has 0 bridgehead atoms. The van der Waals surface area contributed by atoms with Crippen molar-refractivity contribution in [2.45, 2.75) is 26.4 Å². The maximum atomic E-state index is 13.0. The summed E-state index contributed by atoms with van der Waals surface area (Å²) < 4.78 is 61.7. The van der Waals surface area contributed by atoms with Crippen molar-refractivity contribution in [1.82, 2.24) is 10.2 Å². The standard InChI is InChI=1S/C20H31F3N4O2S/c1-19(2,8-13-30(4,28)29)15-25-18(24-3)27-11-9-26(10-12-27)17-7-5-6-16(14-17)20(21,22)23/h5-7,14H,8-13,15H2,1-4H3,(H,24,25). The molecule has 0 aromatic heterocycles. The van der Waals surface area contributed by atoms with Crippen LogP contribution in [0.25, 0.3) is 0 Å². The van der Waals surface area contributed by atoms with Crippen molar-refractivity contribution in [2.75, 3.05) is 56.7 Å². The lowest BCUT2D eigenvalue weighted by molar-refractivity contribution is -0.137. The Balaban J connectivity index is 1.92. The minimum Gasteiger partial charge on any atom is -0.368 e. The number of rotatable bonds is 6. The van der Waals surface area contributed by atoms with E-state index in [1.807, 2.05) is 18.7 Å². The number of nitrogens with zero attached hydrogens (tertiary/aromatic N) is 3. The fraction of sp³-hybridized carbons (Fsp3) is 0.650. The number of halogens is 3. The highest BCUT2D eigenvalue weighted by Gasteiger charge is 2.31. The van der Waals surface area contributed by atoms with Crippen LogP contribution in [0.2, 0.25) is 0 Å². The van der Waals surface area contributed by atoms with Gasteiger partial charge in [-0.05, 0) is 30.0 Å². The molecule has 2 rings (SSSR count). The number of guanidine groups is 1. The Hall–Kier alpha value is -1.97. The summed E-state index contributed by atoms with van der Waals surface area (Å²) in [5.74, 6) is 0.849. The Labute approximate surface area is 177 Å². The van der Waals surface area contributed by atoms with Crippen LogP contribution in [0.5, 0.6) is 0 Å². The van der Waals surface area contributed by atoms with E-state index in [0.29, 0.717) is 50.8 Å². The molecule has 6 nitrogen and oxygen atoms in total. The highest BCUT2D eigenvalue weighted by molar-refractivity contribution is 7.90. The Bertz CT molecular complexity index is 846. The van der Waals surface area contributed by atoms with Gasteiger partial charge in [-0.15, -0.1) is 0 Å². The molecule has 10 heteroatoms. The second-order valence-electron chi connectivity index (χ2n) is 8.47. The highest BCUT2D eigenvalue weighted by Crippen LogP contribution is 2.31. The third kappa shape index (κ3) is 7.37. The van der Waals surface area contributed by atoms with Gasteiger partial charge in [-0.2, -0.15) is 13.2 Å². The third-order valence-electron chi connectivity index (χ3n) is 5.20. The van der Waals surface area contributed by atoms with E-state index in [-0.39, 0.29) is 11.2 Å². The Morgan fingerprint density at radius 3 is 2.33 bits per heavy atom. The van der Waals surface area contributed by atoms with Crippen molar-refractivity contribution in [2.24, 2.45) is 10.4 Å². The average molecular weight is 449 g/mol. The molecule has 170 valence electrons. The number of nitrogens with one attached hydrogen (secondary N) is 1. The van der Waals surface area contributed by atoms with Crippen LogP contribution < -0.4 is 10.2 Å². The van der Waals surface area contributed by atoms with Crippen LogP contribution in [-0.4, -0.2) is 71.1 Å². The van der Waals surface area contributed by atoms with Gasteiger partial charge in [0.25, 0.3) is 0 Å². The molecule has 1 aliphatic heterocycles. The van der Waals surface area contributed by atoms with E-state index in [4.69, 9.17) is 0 Å². The smallest absolute Gasteiger partial charge is 0.368 e. The first kappa shape index (κ1) is 24.3. The van der Waals surface area contributed by atoms with E-state index in [0.717, 1.165) is 6.07 Å². The second kappa shape index (κ2) is 9.45. The molecule has 0 atom stereocenters. The summed E-state index contributed by atoms with van der Waals surface area (Å²) >= 11 is 0. The van der Waals surface area contributed by atoms with Crippen molar-refractivity contribution in [3.8, 4) is 0 Å².